The van der Waals surface area contributed by atoms with Gasteiger partial charge in [-0.3, -0.25) is 9.59 Å². The van der Waals surface area contributed by atoms with Gasteiger partial charge < -0.3 is 28.8 Å². The van der Waals surface area contributed by atoms with Crippen molar-refractivity contribution in [3.8, 4) is 0 Å². The quantitative estimate of drug-likeness (QED) is 0.341. The molecule has 12 unspecified atom stereocenters. The van der Waals surface area contributed by atoms with Crippen molar-refractivity contribution < 1.29 is 48.0 Å². The minimum absolute atomic E-state index is 0.000289. The molecule has 10 nitrogen and oxygen atoms in total. The van der Waals surface area contributed by atoms with Crippen LogP contribution in [0.2, 0.25) is 0 Å². The topological polar surface area (TPSA) is 135 Å². The third-order valence-electron chi connectivity index (χ3n) is 12.5. The van der Waals surface area contributed by atoms with Gasteiger partial charge >= 0.3 is 23.9 Å². The Hall–Kier alpha value is -3.76. The summed E-state index contributed by atoms with van der Waals surface area (Å²) in [6, 6.07) is 17.3. The molecule has 4 saturated carbocycles. The van der Waals surface area contributed by atoms with Gasteiger partial charge in [-0.05, 0) is 67.2 Å². The number of carbonyl (C=O) groups is 4. The van der Waals surface area contributed by atoms with Gasteiger partial charge in [0.1, 0.15) is 29.5 Å². The largest absolute Gasteiger partial charge is 0.462 e. The van der Waals surface area contributed by atoms with Gasteiger partial charge in [-0.25, -0.2) is 9.59 Å². The summed E-state index contributed by atoms with van der Waals surface area (Å²) in [6.07, 6.45) is -3.54. The van der Waals surface area contributed by atoms with Crippen LogP contribution in [-0.2, 0) is 33.3 Å². The van der Waals surface area contributed by atoms with E-state index in [2.05, 4.69) is 13.8 Å². The van der Waals surface area contributed by atoms with Gasteiger partial charge in [0.15, 0.2) is 6.10 Å². The Kier molecular flexibility index (Phi) is 7.60. The number of rotatable bonds is 6. The number of aliphatic hydroxyl groups is 1. The molecule has 7 rings (SSSR count). The lowest BCUT2D eigenvalue weighted by Gasteiger charge is -2.50. The molecule has 0 amide bonds. The van der Waals surface area contributed by atoms with E-state index in [1.54, 1.807) is 54.6 Å². The third kappa shape index (κ3) is 4.65. The number of carbonyl (C=O) groups excluding carboxylic acids is 4. The zero-order valence-electron chi connectivity index (χ0n) is 28.2. The Morgan fingerprint density at radius 2 is 1.35 bits per heavy atom. The van der Waals surface area contributed by atoms with Crippen LogP contribution in [0.1, 0.15) is 75.1 Å². The molecule has 2 aromatic rings. The van der Waals surface area contributed by atoms with Crippen LogP contribution in [0.3, 0.4) is 0 Å². The smallest absolute Gasteiger partial charge is 0.338 e. The minimum atomic E-state index is -1.84. The first-order valence-corrected chi connectivity index (χ1v) is 16.9. The Morgan fingerprint density at radius 1 is 0.792 bits per heavy atom. The van der Waals surface area contributed by atoms with E-state index < -0.39 is 82.7 Å². The van der Waals surface area contributed by atoms with Crippen molar-refractivity contribution in [2.75, 3.05) is 6.61 Å². The molecule has 4 aliphatic carbocycles. The van der Waals surface area contributed by atoms with Crippen molar-refractivity contribution >= 4 is 23.9 Å². The summed E-state index contributed by atoms with van der Waals surface area (Å²) in [7, 11) is 0. The zero-order chi connectivity index (χ0) is 34.4. The molecule has 48 heavy (non-hydrogen) atoms. The van der Waals surface area contributed by atoms with Crippen molar-refractivity contribution in [2.24, 2.45) is 40.4 Å². The molecule has 256 valence electrons. The lowest BCUT2D eigenvalue weighted by molar-refractivity contribution is -0.234. The van der Waals surface area contributed by atoms with E-state index in [0.29, 0.717) is 17.5 Å². The number of hydrogen-bond acceptors (Lipinski definition) is 10. The van der Waals surface area contributed by atoms with Gasteiger partial charge in [0.05, 0.1) is 29.1 Å². The summed E-state index contributed by atoms with van der Waals surface area (Å²) < 4.78 is 32.1. The van der Waals surface area contributed by atoms with Crippen LogP contribution in [0.15, 0.2) is 60.7 Å². The lowest BCUT2D eigenvalue weighted by Crippen LogP contribution is -2.63. The predicted octanol–water partition coefficient (Wildman–Crippen LogP) is 4.77. The maximum Gasteiger partial charge on any atom is 0.338 e. The third-order valence-corrected chi connectivity index (χ3v) is 12.5. The fraction of sp³-hybridized carbons (Fsp3) is 0.579. The van der Waals surface area contributed by atoms with Crippen LogP contribution >= 0.6 is 0 Å². The first-order valence-electron chi connectivity index (χ1n) is 16.9. The van der Waals surface area contributed by atoms with Crippen LogP contribution in [0.5, 0.6) is 0 Å². The highest BCUT2D eigenvalue weighted by Crippen LogP contribution is 2.78. The monoisotopic (exact) mass is 660 g/mol. The number of ether oxygens (including phenoxy) is 5. The fourth-order valence-corrected chi connectivity index (χ4v) is 10.6. The molecule has 1 heterocycles. The summed E-state index contributed by atoms with van der Waals surface area (Å²) in [5.74, 6) is -4.14. The normalized spacial score (nSPS) is 41.4. The fourth-order valence-electron chi connectivity index (χ4n) is 10.6. The van der Waals surface area contributed by atoms with Crippen LogP contribution in [-0.4, -0.2) is 71.2 Å². The Morgan fingerprint density at radius 3 is 1.92 bits per heavy atom. The van der Waals surface area contributed by atoms with Gasteiger partial charge in [-0.15, -0.1) is 0 Å². The standard InChI is InChI=1S/C38H44O10/c1-20-18-38(43)28(29(20)45-21(2)39)31(48-33(42)24-15-11-8-12-16-24)37-19-44-36(6,34(38)46-22(3)40)30(37)27-25(35(27,4)5)17-26(37)47-32(41)23-13-9-7-10-14-23/h7-16,20,25-31,34,43H,17-19H2,1-6H3. The predicted molar refractivity (Wildman–Crippen MR) is 170 cm³/mol. The average Bonchev–Trinajstić information content (AvgIpc) is 3.30. The van der Waals surface area contributed by atoms with Crippen LogP contribution < -0.4 is 0 Å². The molecule has 1 N–H and O–H groups in total. The second kappa shape index (κ2) is 11.1. The SMILES string of the molecule is CC(=O)OC1C(C)CC2(O)C1C(OC(=O)c1ccccc1)C13COC(C)(C2OC(C)=O)C1C1C(CC3OC(=O)c2ccccc2)C1(C)C. The minimum Gasteiger partial charge on any atom is -0.462 e. The molecule has 0 spiro atoms. The van der Waals surface area contributed by atoms with Gasteiger partial charge in [0, 0.05) is 19.8 Å². The van der Waals surface area contributed by atoms with Crippen LogP contribution in [0.25, 0.3) is 0 Å². The first-order chi connectivity index (χ1) is 22.7. The summed E-state index contributed by atoms with van der Waals surface area (Å²) in [5, 5.41) is 13.1. The molecule has 10 heteroatoms. The van der Waals surface area contributed by atoms with Crippen molar-refractivity contribution in [1.82, 2.24) is 0 Å². The van der Waals surface area contributed by atoms with E-state index in [1.807, 2.05) is 19.9 Å². The van der Waals surface area contributed by atoms with E-state index >= 15 is 0 Å². The van der Waals surface area contributed by atoms with Crippen molar-refractivity contribution in [3.63, 3.8) is 0 Å². The van der Waals surface area contributed by atoms with Crippen molar-refractivity contribution in [2.45, 2.75) is 90.0 Å². The number of hydrogen-bond donors (Lipinski definition) is 1. The molecular weight excluding hydrogens is 616 g/mol. The number of benzene rings is 2. The highest BCUT2D eigenvalue weighted by molar-refractivity contribution is 5.90. The summed E-state index contributed by atoms with van der Waals surface area (Å²) in [6.45, 7) is 10.6. The van der Waals surface area contributed by atoms with E-state index in [4.69, 9.17) is 23.7 Å². The summed E-state index contributed by atoms with van der Waals surface area (Å²) in [5.41, 5.74) is -3.87. The summed E-state index contributed by atoms with van der Waals surface area (Å²) in [4.78, 5) is 53.5. The molecule has 2 aromatic carbocycles. The van der Waals surface area contributed by atoms with Crippen molar-refractivity contribution in [1.29, 1.82) is 0 Å². The second-order valence-corrected chi connectivity index (χ2v) is 15.5. The highest BCUT2D eigenvalue weighted by Gasteiger charge is 2.86. The number of fused-ring (bicyclic) bond motifs is 2. The van der Waals surface area contributed by atoms with E-state index in [-0.39, 0.29) is 30.3 Å². The average molecular weight is 661 g/mol. The van der Waals surface area contributed by atoms with E-state index in [1.165, 1.54) is 13.8 Å². The van der Waals surface area contributed by atoms with Crippen LogP contribution in [0.4, 0.5) is 0 Å². The Balaban J connectivity index is 1.47. The lowest BCUT2D eigenvalue weighted by atomic mass is 9.57. The maximum atomic E-state index is 14.1. The van der Waals surface area contributed by atoms with Gasteiger partial charge in [0.25, 0.3) is 0 Å². The van der Waals surface area contributed by atoms with Crippen LogP contribution in [0, 0.1) is 40.4 Å². The highest BCUT2D eigenvalue weighted by atomic mass is 16.6. The molecule has 5 aliphatic rings. The maximum absolute atomic E-state index is 14.1. The Bertz CT molecular complexity index is 1620. The molecular formula is C38H44O10. The van der Waals surface area contributed by atoms with E-state index in [0.717, 1.165) is 0 Å². The molecule has 1 saturated heterocycles. The zero-order valence-corrected chi connectivity index (χ0v) is 28.2. The van der Waals surface area contributed by atoms with Crippen molar-refractivity contribution in [3.05, 3.63) is 71.8 Å². The number of esters is 4. The molecule has 0 radical (unpaired) electrons. The molecule has 5 fully saturated rings. The van der Waals surface area contributed by atoms with E-state index in [9.17, 15) is 24.3 Å². The molecule has 0 aromatic heterocycles. The Labute approximate surface area is 280 Å². The first kappa shape index (κ1) is 32.8. The summed E-state index contributed by atoms with van der Waals surface area (Å²) >= 11 is 0. The molecule has 12 atom stereocenters. The molecule has 2 bridgehead atoms. The van der Waals surface area contributed by atoms with Gasteiger partial charge in [-0.2, -0.15) is 0 Å². The molecule has 1 aliphatic heterocycles. The van der Waals surface area contributed by atoms with Gasteiger partial charge in [-0.1, -0.05) is 57.2 Å². The second-order valence-electron chi connectivity index (χ2n) is 15.5. The van der Waals surface area contributed by atoms with Gasteiger partial charge in [0.2, 0.25) is 0 Å².